The summed E-state index contributed by atoms with van der Waals surface area (Å²) in [5.74, 6) is 1.48. The fourth-order valence-corrected chi connectivity index (χ4v) is 1.85. The van der Waals surface area contributed by atoms with E-state index in [-0.39, 0.29) is 10.4 Å². The molecule has 0 saturated carbocycles. The highest BCUT2D eigenvalue weighted by Gasteiger charge is 2.06. The van der Waals surface area contributed by atoms with Crippen LogP contribution in [0.25, 0.3) is 0 Å². The summed E-state index contributed by atoms with van der Waals surface area (Å²) in [6, 6.07) is 1.57. The molecule has 8 heteroatoms. The molecule has 0 amide bonds. The van der Waals surface area contributed by atoms with Gasteiger partial charge in [-0.05, 0) is 11.6 Å². The molecule has 1 heterocycles. The van der Waals surface area contributed by atoms with Gasteiger partial charge in [0.15, 0.2) is 0 Å². The van der Waals surface area contributed by atoms with Gasteiger partial charge < -0.3 is 5.43 Å². The topological polar surface area (TPSA) is 41.0 Å². The van der Waals surface area contributed by atoms with Crippen LogP contribution in [0.15, 0.2) is 6.07 Å². The summed E-state index contributed by atoms with van der Waals surface area (Å²) in [5, 5.41) is 2.19. The Morgan fingerprint density at radius 3 is 2.25 bits per heavy atom. The van der Waals surface area contributed by atoms with Crippen molar-refractivity contribution in [1.29, 1.82) is 0 Å². The zero-order valence-corrected chi connectivity index (χ0v) is 11.3. The summed E-state index contributed by atoms with van der Waals surface area (Å²) >= 11 is 22.7. The van der Waals surface area contributed by atoms with Crippen molar-refractivity contribution in [3.05, 3.63) is 16.5 Å². The molecule has 1 N–H and O–H groups in total. The van der Waals surface area contributed by atoms with E-state index in [1.54, 1.807) is 6.07 Å². The predicted octanol–water partition coefficient (Wildman–Crippen LogP) is 2.89. The van der Waals surface area contributed by atoms with E-state index in [2.05, 4.69) is 15.4 Å². The lowest BCUT2D eigenvalue weighted by Gasteiger charge is -2.21. The molecule has 0 unspecified atom stereocenters. The minimum Gasteiger partial charge on any atom is -0.303 e. The van der Waals surface area contributed by atoms with Gasteiger partial charge in [0.05, 0.1) is 0 Å². The van der Waals surface area contributed by atoms with Crippen molar-refractivity contribution in [3.8, 4) is 0 Å². The smallest absolute Gasteiger partial charge is 0.225 e. The van der Waals surface area contributed by atoms with Crippen LogP contribution in [0.2, 0.25) is 10.4 Å². The van der Waals surface area contributed by atoms with Crippen molar-refractivity contribution < 1.29 is 0 Å². The summed E-state index contributed by atoms with van der Waals surface area (Å²) in [6.45, 7) is 1.26. The number of alkyl halides is 2. The molecule has 1 aromatic rings. The molecule has 0 aliphatic rings. The number of anilines is 1. The van der Waals surface area contributed by atoms with Gasteiger partial charge >= 0.3 is 0 Å². The molecule has 0 aromatic carbocycles. The van der Waals surface area contributed by atoms with Crippen molar-refractivity contribution in [2.45, 2.75) is 0 Å². The monoisotopic (exact) mass is 302 g/mol. The van der Waals surface area contributed by atoms with Crippen molar-refractivity contribution >= 4 is 52.2 Å². The third-order valence-corrected chi connectivity index (χ3v) is 2.35. The van der Waals surface area contributed by atoms with Gasteiger partial charge in [0, 0.05) is 30.9 Å². The zero-order chi connectivity index (χ0) is 12.0. The van der Waals surface area contributed by atoms with Gasteiger partial charge in [-0.2, -0.15) is 4.98 Å². The van der Waals surface area contributed by atoms with Crippen molar-refractivity contribution in [1.82, 2.24) is 15.0 Å². The Bertz CT molecular complexity index is 310. The maximum Gasteiger partial charge on any atom is 0.225 e. The van der Waals surface area contributed by atoms with Gasteiger partial charge in [-0.15, -0.1) is 23.2 Å². The van der Waals surface area contributed by atoms with Crippen LogP contribution in [0.5, 0.6) is 0 Å². The van der Waals surface area contributed by atoms with E-state index in [0.29, 0.717) is 30.7 Å². The molecule has 0 bridgehead atoms. The minimum atomic E-state index is 0.0895. The van der Waals surface area contributed by atoms with E-state index in [1.807, 2.05) is 5.01 Å². The first kappa shape index (κ1) is 14.1. The Morgan fingerprint density at radius 2 is 1.75 bits per heavy atom. The molecule has 0 aliphatic heterocycles. The van der Waals surface area contributed by atoms with E-state index in [9.17, 15) is 0 Å². The number of nitrogens with zero attached hydrogens (tertiary/aromatic N) is 3. The molecule has 0 aliphatic carbocycles. The summed E-state index contributed by atoms with van der Waals surface area (Å²) in [6.07, 6.45) is 0. The second kappa shape index (κ2) is 7.35. The van der Waals surface area contributed by atoms with Crippen molar-refractivity contribution in [2.75, 3.05) is 30.3 Å². The standard InChI is InChI=1S/C8H10Cl4N4/c9-1-3-16(4-2-10)15-7-5-6(11)13-8(12)14-7/h5H,1-4H2,(H,13,14,15). The van der Waals surface area contributed by atoms with E-state index in [1.165, 1.54) is 0 Å². The zero-order valence-electron chi connectivity index (χ0n) is 8.26. The van der Waals surface area contributed by atoms with Crippen LogP contribution in [0, 0.1) is 0 Å². The van der Waals surface area contributed by atoms with Gasteiger partial charge in [0.1, 0.15) is 11.0 Å². The summed E-state index contributed by atoms with van der Waals surface area (Å²) in [4.78, 5) is 7.71. The van der Waals surface area contributed by atoms with Gasteiger partial charge in [-0.3, -0.25) is 0 Å². The fourth-order valence-electron chi connectivity index (χ4n) is 1.04. The Balaban J connectivity index is 2.68. The molecule has 0 atom stereocenters. The highest BCUT2D eigenvalue weighted by molar-refractivity contribution is 6.32. The quantitative estimate of drug-likeness (QED) is 0.380. The molecule has 0 fully saturated rings. The maximum atomic E-state index is 5.74. The van der Waals surface area contributed by atoms with E-state index in [0.717, 1.165) is 0 Å². The average Bonchev–Trinajstić information content (AvgIpc) is 2.16. The minimum absolute atomic E-state index is 0.0895. The first-order chi connectivity index (χ1) is 7.65. The first-order valence-corrected chi connectivity index (χ1v) is 6.32. The van der Waals surface area contributed by atoms with Crippen LogP contribution in [-0.4, -0.2) is 39.8 Å². The molecule has 90 valence electrons. The van der Waals surface area contributed by atoms with Crippen molar-refractivity contribution in [2.24, 2.45) is 0 Å². The number of aromatic nitrogens is 2. The number of halogens is 4. The maximum absolute atomic E-state index is 5.74. The van der Waals surface area contributed by atoms with Crippen LogP contribution in [0.4, 0.5) is 5.82 Å². The second-order valence-corrected chi connectivity index (χ2v) is 4.30. The molecule has 1 rings (SSSR count). The Morgan fingerprint density at radius 1 is 1.12 bits per heavy atom. The fraction of sp³-hybridized carbons (Fsp3) is 0.500. The number of hydrogen-bond donors (Lipinski definition) is 1. The molecular formula is C8H10Cl4N4. The van der Waals surface area contributed by atoms with E-state index in [4.69, 9.17) is 46.4 Å². The molecule has 0 radical (unpaired) electrons. The van der Waals surface area contributed by atoms with E-state index < -0.39 is 0 Å². The molecule has 0 spiro atoms. The molecule has 16 heavy (non-hydrogen) atoms. The van der Waals surface area contributed by atoms with Crippen LogP contribution in [-0.2, 0) is 0 Å². The normalized spacial score (nSPS) is 10.8. The van der Waals surface area contributed by atoms with Crippen molar-refractivity contribution in [3.63, 3.8) is 0 Å². The van der Waals surface area contributed by atoms with Gasteiger partial charge in [-0.25, -0.2) is 9.99 Å². The first-order valence-electron chi connectivity index (χ1n) is 4.49. The van der Waals surface area contributed by atoms with E-state index >= 15 is 0 Å². The number of hydrazine groups is 1. The molecular weight excluding hydrogens is 294 g/mol. The highest BCUT2D eigenvalue weighted by atomic mass is 35.5. The Hall–Kier alpha value is -0.000000000000000167. The van der Waals surface area contributed by atoms with Crippen LogP contribution < -0.4 is 5.43 Å². The molecule has 1 aromatic heterocycles. The van der Waals surface area contributed by atoms with Gasteiger partial charge in [-0.1, -0.05) is 11.6 Å². The summed E-state index contributed by atoms with van der Waals surface area (Å²) in [7, 11) is 0. The predicted molar refractivity (Wildman–Crippen MR) is 68.7 cm³/mol. The number of hydrogen-bond acceptors (Lipinski definition) is 4. The lowest BCUT2D eigenvalue weighted by atomic mass is 10.6. The molecule has 4 nitrogen and oxygen atoms in total. The van der Waals surface area contributed by atoms with Gasteiger partial charge in [0.2, 0.25) is 5.28 Å². The van der Waals surface area contributed by atoms with Crippen LogP contribution in [0.1, 0.15) is 0 Å². The Kier molecular flexibility index (Phi) is 6.46. The largest absolute Gasteiger partial charge is 0.303 e. The summed E-state index contributed by atoms with van der Waals surface area (Å²) < 4.78 is 0. The number of nitrogens with one attached hydrogen (secondary N) is 1. The third-order valence-electron chi connectivity index (χ3n) is 1.65. The Labute approximate surface area is 114 Å². The highest BCUT2D eigenvalue weighted by Crippen LogP contribution is 2.14. The van der Waals surface area contributed by atoms with Crippen LogP contribution >= 0.6 is 46.4 Å². The average molecular weight is 304 g/mol. The van der Waals surface area contributed by atoms with Gasteiger partial charge in [0.25, 0.3) is 0 Å². The SMILES string of the molecule is ClCCN(CCCl)Nc1cc(Cl)nc(Cl)n1. The lowest BCUT2D eigenvalue weighted by Crippen LogP contribution is -2.34. The number of rotatable bonds is 6. The third kappa shape index (κ3) is 4.89. The summed E-state index contributed by atoms with van der Waals surface area (Å²) in [5.41, 5.74) is 3.01. The van der Waals surface area contributed by atoms with Crippen LogP contribution in [0.3, 0.4) is 0 Å². The lowest BCUT2D eigenvalue weighted by molar-refractivity contribution is 0.369. The molecule has 0 saturated heterocycles. The second-order valence-electron chi connectivity index (χ2n) is 2.82.